The highest BCUT2D eigenvalue weighted by atomic mass is 127. The lowest BCUT2D eigenvalue weighted by molar-refractivity contribution is 0.455. The zero-order chi connectivity index (χ0) is 9.42. The van der Waals surface area contributed by atoms with Crippen LogP contribution < -0.4 is 0 Å². The van der Waals surface area contributed by atoms with E-state index < -0.39 is 0 Å². The lowest BCUT2D eigenvalue weighted by Gasteiger charge is -2.03. The van der Waals surface area contributed by atoms with E-state index in [1.54, 1.807) is 0 Å². The molecule has 0 saturated carbocycles. The number of aromatic hydroxyl groups is 1. The summed E-state index contributed by atoms with van der Waals surface area (Å²) in [6, 6.07) is 7.56. The molecule has 2 rings (SSSR count). The third-order valence-electron chi connectivity index (χ3n) is 1.76. The fourth-order valence-corrected chi connectivity index (χ4v) is 1.98. The largest absolute Gasteiger partial charge is 0.492 e. The molecule has 1 heterocycles. The zero-order valence-electron chi connectivity index (χ0n) is 6.46. The highest BCUT2D eigenvalue weighted by Crippen LogP contribution is 2.32. The summed E-state index contributed by atoms with van der Waals surface area (Å²) < 4.78 is 0.836. The smallest absolute Gasteiger partial charge is 0.231 e. The summed E-state index contributed by atoms with van der Waals surface area (Å²) in [6.07, 6.45) is 0. The molecule has 0 spiro atoms. The lowest BCUT2D eigenvalue weighted by atomic mass is 10.2. The van der Waals surface area contributed by atoms with Gasteiger partial charge in [0.1, 0.15) is 5.02 Å². The number of fused-ring (bicyclic) bond motifs is 1. The predicted octanol–water partition coefficient (Wildman–Crippen LogP) is 3.20. The Hall–Kier alpha value is -0.550. The minimum atomic E-state index is -0.107. The first-order valence-electron chi connectivity index (χ1n) is 3.63. The standard InChI is InChI=1S/C9H5ClINO/c10-7-8(11)5-3-1-2-4-6(5)12-9(7)13/h1-4H,(H,12,13). The van der Waals surface area contributed by atoms with Gasteiger partial charge in [0.2, 0.25) is 5.88 Å². The molecule has 13 heavy (non-hydrogen) atoms. The van der Waals surface area contributed by atoms with Crippen LogP contribution in [0.1, 0.15) is 0 Å². The van der Waals surface area contributed by atoms with E-state index >= 15 is 0 Å². The monoisotopic (exact) mass is 305 g/mol. The van der Waals surface area contributed by atoms with Crippen LogP contribution in [-0.2, 0) is 0 Å². The molecule has 1 N–H and O–H groups in total. The molecule has 0 atom stereocenters. The lowest BCUT2D eigenvalue weighted by Crippen LogP contribution is -1.85. The van der Waals surface area contributed by atoms with Crippen molar-refractivity contribution in [2.24, 2.45) is 0 Å². The van der Waals surface area contributed by atoms with E-state index in [1.165, 1.54) is 0 Å². The number of para-hydroxylation sites is 1. The molecule has 1 aromatic heterocycles. The molecule has 0 aliphatic heterocycles. The van der Waals surface area contributed by atoms with Crippen LogP contribution in [0.2, 0.25) is 5.02 Å². The highest BCUT2D eigenvalue weighted by Gasteiger charge is 2.09. The molecule has 0 amide bonds. The molecule has 4 heteroatoms. The molecule has 66 valence electrons. The Kier molecular flexibility index (Phi) is 2.29. The van der Waals surface area contributed by atoms with Crippen LogP contribution in [0.5, 0.6) is 5.88 Å². The Morgan fingerprint density at radius 3 is 2.77 bits per heavy atom. The summed E-state index contributed by atoms with van der Waals surface area (Å²) in [5.41, 5.74) is 0.758. The minimum absolute atomic E-state index is 0.107. The molecular weight excluding hydrogens is 300 g/mol. The second kappa shape index (κ2) is 3.31. The first-order valence-corrected chi connectivity index (χ1v) is 5.08. The molecule has 0 saturated heterocycles. The summed E-state index contributed by atoms with van der Waals surface area (Å²) in [5, 5.41) is 10.6. The third-order valence-corrected chi connectivity index (χ3v) is 3.55. The Morgan fingerprint density at radius 2 is 2.00 bits per heavy atom. The molecule has 0 aliphatic rings. The fraction of sp³-hybridized carbons (Fsp3) is 0. The first kappa shape index (κ1) is 9.02. The van der Waals surface area contributed by atoms with Crippen LogP contribution in [-0.4, -0.2) is 10.1 Å². The number of halogens is 2. The SMILES string of the molecule is Oc1nc2ccccc2c(I)c1Cl. The molecule has 2 aromatic rings. The van der Waals surface area contributed by atoms with Gasteiger partial charge in [0, 0.05) is 8.96 Å². The zero-order valence-corrected chi connectivity index (χ0v) is 9.37. The number of rotatable bonds is 0. The van der Waals surface area contributed by atoms with Crippen molar-refractivity contribution in [3.63, 3.8) is 0 Å². The predicted molar refractivity (Wildman–Crippen MR) is 61.1 cm³/mol. The van der Waals surface area contributed by atoms with Gasteiger partial charge in [-0.2, -0.15) is 0 Å². The van der Waals surface area contributed by atoms with Crippen LogP contribution in [0.25, 0.3) is 10.9 Å². The number of nitrogens with zero attached hydrogens (tertiary/aromatic N) is 1. The molecule has 2 nitrogen and oxygen atoms in total. The number of benzene rings is 1. The molecule has 0 unspecified atom stereocenters. The van der Waals surface area contributed by atoms with E-state index in [9.17, 15) is 5.11 Å². The van der Waals surface area contributed by atoms with Crippen molar-refractivity contribution in [3.05, 3.63) is 32.9 Å². The molecule has 0 radical (unpaired) electrons. The quantitative estimate of drug-likeness (QED) is 0.758. The van der Waals surface area contributed by atoms with Gasteiger partial charge >= 0.3 is 0 Å². The van der Waals surface area contributed by atoms with E-state index in [-0.39, 0.29) is 5.88 Å². The van der Waals surface area contributed by atoms with Crippen molar-refractivity contribution in [2.75, 3.05) is 0 Å². The third kappa shape index (κ3) is 1.46. The highest BCUT2D eigenvalue weighted by molar-refractivity contribution is 14.1. The summed E-state index contributed by atoms with van der Waals surface area (Å²) in [5.74, 6) is -0.107. The van der Waals surface area contributed by atoms with Crippen LogP contribution in [0, 0.1) is 3.57 Å². The maximum absolute atomic E-state index is 9.35. The van der Waals surface area contributed by atoms with Gasteiger partial charge < -0.3 is 5.11 Å². The van der Waals surface area contributed by atoms with Crippen molar-refractivity contribution >= 4 is 45.1 Å². The average Bonchev–Trinajstić information content (AvgIpc) is 2.15. The van der Waals surface area contributed by atoms with Crippen molar-refractivity contribution in [1.29, 1.82) is 0 Å². The maximum atomic E-state index is 9.35. The van der Waals surface area contributed by atoms with Crippen molar-refractivity contribution < 1.29 is 5.11 Å². The Bertz CT molecular complexity index is 472. The molecule has 0 aliphatic carbocycles. The Balaban J connectivity index is 2.94. The van der Waals surface area contributed by atoms with Crippen molar-refractivity contribution in [2.45, 2.75) is 0 Å². The topological polar surface area (TPSA) is 33.1 Å². The first-order chi connectivity index (χ1) is 6.20. The van der Waals surface area contributed by atoms with E-state index in [0.29, 0.717) is 5.02 Å². The second-order valence-corrected chi connectivity index (χ2v) is 4.04. The number of hydrogen-bond acceptors (Lipinski definition) is 2. The van der Waals surface area contributed by atoms with E-state index in [4.69, 9.17) is 11.6 Å². The molecule has 0 fully saturated rings. The van der Waals surface area contributed by atoms with Gasteiger partial charge in [-0.3, -0.25) is 0 Å². The van der Waals surface area contributed by atoms with Gasteiger partial charge in [-0.05, 0) is 28.7 Å². The van der Waals surface area contributed by atoms with E-state index in [0.717, 1.165) is 14.5 Å². The van der Waals surface area contributed by atoms with Crippen molar-refractivity contribution in [1.82, 2.24) is 4.98 Å². The van der Waals surface area contributed by atoms with Gasteiger partial charge in [0.05, 0.1) is 5.52 Å². The maximum Gasteiger partial charge on any atom is 0.231 e. The van der Waals surface area contributed by atoms with Gasteiger partial charge in [-0.25, -0.2) is 4.98 Å². The second-order valence-electron chi connectivity index (χ2n) is 2.58. The Labute approximate surface area is 93.7 Å². The van der Waals surface area contributed by atoms with Crippen LogP contribution in [0.15, 0.2) is 24.3 Å². The molecule has 0 bridgehead atoms. The van der Waals surface area contributed by atoms with Gasteiger partial charge in [0.25, 0.3) is 0 Å². The summed E-state index contributed by atoms with van der Waals surface area (Å²) >= 11 is 7.93. The summed E-state index contributed by atoms with van der Waals surface area (Å²) in [7, 11) is 0. The Morgan fingerprint density at radius 1 is 1.31 bits per heavy atom. The number of hydrogen-bond donors (Lipinski definition) is 1. The average molecular weight is 306 g/mol. The van der Waals surface area contributed by atoms with Gasteiger partial charge in [-0.15, -0.1) is 0 Å². The van der Waals surface area contributed by atoms with Crippen LogP contribution in [0.3, 0.4) is 0 Å². The van der Waals surface area contributed by atoms with Crippen LogP contribution >= 0.6 is 34.2 Å². The number of aromatic nitrogens is 1. The molecule has 1 aromatic carbocycles. The van der Waals surface area contributed by atoms with Crippen molar-refractivity contribution in [3.8, 4) is 5.88 Å². The van der Waals surface area contributed by atoms with Gasteiger partial charge in [0.15, 0.2) is 0 Å². The number of pyridine rings is 1. The minimum Gasteiger partial charge on any atom is -0.492 e. The fourth-order valence-electron chi connectivity index (χ4n) is 1.14. The van der Waals surface area contributed by atoms with E-state index in [2.05, 4.69) is 27.6 Å². The van der Waals surface area contributed by atoms with Crippen LogP contribution in [0.4, 0.5) is 0 Å². The van der Waals surface area contributed by atoms with Gasteiger partial charge in [-0.1, -0.05) is 29.8 Å². The summed E-state index contributed by atoms with van der Waals surface area (Å²) in [4.78, 5) is 3.95. The summed E-state index contributed by atoms with van der Waals surface area (Å²) in [6.45, 7) is 0. The normalized spacial score (nSPS) is 10.6. The van der Waals surface area contributed by atoms with E-state index in [1.807, 2.05) is 24.3 Å². The molecular formula is C9H5ClINO.